The summed E-state index contributed by atoms with van der Waals surface area (Å²) in [5, 5.41) is 2.38. The molecule has 0 bridgehead atoms. The van der Waals surface area contributed by atoms with E-state index in [0.717, 1.165) is 47.7 Å². The first-order valence-electron chi connectivity index (χ1n) is 12.8. The van der Waals surface area contributed by atoms with E-state index < -0.39 is 0 Å². The van der Waals surface area contributed by atoms with Crippen molar-refractivity contribution in [3.63, 3.8) is 0 Å². The van der Waals surface area contributed by atoms with Crippen LogP contribution in [0.25, 0.3) is 21.8 Å². The van der Waals surface area contributed by atoms with Gasteiger partial charge in [0.1, 0.15) is 17.4 Å². The predicted molar refractivity (Wildman–Crippen MR) is 145 cm³/mol. The van der Waals surface area contributed by atoms with Gasteiger partial charge in [-0.25, -0.2) is 9.37 Å². The molecule has 5 nitrogen and oxygen atoms in total. The second-order valence-electron chi connectivity index (χ2n) is 9.56. The Morgan fingerprint density at radius 3 is 2.54 bits per heavy atom. The Labute approximate surface area is 215 Å². The number of anilines is 1. The van der Waals surface area contributed by atoms with Crippen LogP contribution in [0.15, 0.2) is 91.0 Å². The fourth-order valence-corrected chi connectivity index (χ4v) is 5.21. The molecular formula is C31H28FN3O2. The number of aryl methyl sites for hydroxylation is 1. The van der Waals surface area contributed by atoms with Gasteiger partial charge in [-0.2, -0.15) is 0 Å². The van der Waals surface area contributed by atoms with Crippen molar-refractivity contribution in [2.75, 3.05) is 18.1 Å². The van der Waals surface area contributed by atoms with Crippen molar-refractivity contribution in [2.45, 2.75) is 31.7 Å². The van der Waals surface area contributed by atoms with Gasteiger partial charge in [0.25, 0.3) is 0 Å². The Balaban J connectivity index is 1.14. The van der Waals surface area contributed by atoms with Gasteiger partial charge in [0, 0.05) is 31.1 Å². The molecule has 6 heteroatoms. The van der Waals surface area contributed by atoms with Gasteiger partial charge in [0.05, 0.1) is 17.6 Å². The number of para-hydroxylation sites is 2. The van der Waals surface area contributed by atoms with Crippen LogP contribution in [-0.4, -0.2) is 28.6 Å². The number of rotatable bonds is 8. The van der Waals surface area contributed by atoms with Crippen molar-refractivity contribution in [2.24, 2.45) is 0 Å². The number of fused-ring (bicyclic) bond motifs is 2. The van der Waals surface area contributed by atoms with Gasteiger partial charge in [-0.05, 0) is 72.1 Å². The zero-order valence-corrected chi connectivity index (χ0v) is 20.5. The van der Waals surface area contributed by atoms with Gasteiger partial charge in [-0.15, -0.1) is 0 Å². The number of halogens is 1. The van der Waals surface area contributed by atoms with Crippen molar-refractivity contribution in [3.8, 4) is 5.75 Å². The second-order valence-corrected chi connectivity index (χ2v) is 9.56. The van der Waals surface area contributed by atoms with Crippen molar-refractivity contribution in [1.82, 2.24) is 9.55 Å². The first-order valence-corrected chi connectivity index (χ1v) is 12.8. The van der Waals surface area contributed by atoms with Crippen LogP contribution in [0.3, 0.4) is 0 Å². The first-order chi connectivity index (χ1) is 18.2. The average Bonchev–Trinajstić information content (AvgIpc) is 3.49. The lowest BCUT2D eigenvalue weighted by molar-refractivity contribution is -0.117. The van der Waals surface area contributed by atoms with E-state index in [1.54, 1.807) is 17.0 Å². The summed E-state index contributed by atoms with van der Waals surface area (Å²) >= 11 is 0. The lowest BCUT2D eigenvalue weighted by Gasteiger charge is -2.17. The highest BCUT2D eigenvalue weighted by Gasteiger charge is 2.34. The molecule has 0 aliphatic carbocycles. The summed E-state index contributed by atoms with van der Waals surface area (Å²) in [6, 6.07) is 28.7. The molecule has 37 heavy (non-hydrogen) atoms. The standard InChI is InChI=1S/C31H28FN3O2/c32-25-12-14-26(15-13-25)35-21-24(20-30(35)36)31-33-28-9-3-4-10-29(28)34(31)17-5-6-18-37-27-16-11-22-7-1-2-8-23(22)19-27/h1-4,7-16,19,24H,5-6,17-18,20-21H2. The lowest BCUT2D eigenvalue weighted by atomic mass is 10.1. The Bertz CT molecular complexity index is 1560. The Morgan fingerprint density at radius 1 is 0.892 bits per heavy atom. The monoisotopic (exact) mass is 493 g/mol. The Hall–Kier alpha value is -4.19. The van der Waals surface area contributed by atoms with E-state index in [1.165, 1.54) is 22.9 Å². The smallest absolute Gasteiger partial charge is 0.227 e. The van der Waals surface area contributed by atoms with Crippen molar-refractivity contribution < 1.29 is 13.9 Å². The summed E-state index contributed by atoms with van der Waals surface area (Å²) in [5.74, 6) is 1.54. The number of hydrogen-bond donors (Lipinski definition) is 0. The molecule has 1 aliphatic rings. The van der Waals surface area contributed by atoms with Crippen molar-refractivity contribution in [1.29, 1.82) is 0 Å². The third-order valence-electron chi connectivity index (χ3n) is 7.08. The molecule has 186 valence electrons. The maximum atomic E-state index is 13.4. The minimum absolute atomic E-state index is 0.0150. The van der Waals surface area contributed by atoms with Crippen LogP contribution in [0.1, 0.15) is 31.0 Å². The Kier molecular flexibility index (Phi) is 6.31. The highest BCUT2D eigenvalue weighted by atomic mass is 19.1. The van der Waals surface area contributed by atoms with Crippen molar-refractivity contribution in [3.05, 3.63) is 103 Å². The molecule has 1 fully saturated rings. The van der Waals surface area contributed by atoms with Crippen LogP contribution < -0.4 is 9.64 Å². The van der Waals surface area contributed by atoms with E-state index in [-0.39, 0.29) is 17.6 Å². The largest absolute Gasteiger partial charge is 0.494 e. The Morgan fingerprint density at radius 2 is 1.68 bits per heavy atom. The molecule has 2 heterocycles. The molecule has 1 saturated heterocycles. The zero-order valence-electron chi connectivity index (χ0n) is 20.5. The zero-order chi connectivity index (χ0) is 25.2. The second kappa shape index (κ2) is 10.1. The van der Waals surface area contributed by atoms with Gasteiger partial charge in [-0.3, -0.25) is 4.79 Å². The van der Waals surface area contributed by atoms with E-state index >= 15 is 0 Å². The summed E-state index contributed by atoms with van der Waals surface area (Å²) in [6.45, 7) is 1.98. The molecule has 1 amide bonds. The van der Waals surface area contributed by atoms with Crippen molar-refractivity contribution >= 4 is 33.4 Å². The number of carbonyl (C=O) groups is 1. The molecule has 0 spiro atoms. The van der Waals surface area contributed by atoms with Crippen LogP contribution in [0.4, 0.5) is 10.1 Å². The van der Waals surface area contributed by atoms with E-state index in [2.05, 4.69) is 34.9 Å². The maximum Gasteiger partial charge on any atom is 0.227 e. The SMILES string of the molecule is O=C1CC(c2nc3ccccc3n2CCCCOc2ccc3ccccc3c2)CN1c1ccc(F)cc1. The lowest BCUT2D eigenvalue weighted by Crippen LogP contribution is -2.24. The third kappa shape index (κ3) is 4.79. The number of unbranched alkanes of at least 4 members (excludes halogenated alkanes) is 1. The molecule has 6 rings (SSSR count). The van der Waals surface area contributed by atoms with Crippen LogP contribution in [0.2, 0.25) is 0 Å². The minimum atomic E-state index is -0.307. The fourth-order valence-electron chi connectivity index (χ4n) is 5.21. The van der Waals surface area contributed by atoms with Gasteiger partial charge in [0.2, 0.25) is 5.91 Å². The first kappa shape index (κ1) is 23.2. The van der Waals surface area contributed by atoms with E-state index in [4.69, 9.17) is 9.72 Å². The number of carbonyl (C=O) groups excluding carboxylic acids is 1. The summed E-state index contributed by atoms with van der Waals surface area (Å²) < 4.78 is 21.7. The molecule has 0 radical (unpaired) electrons. The normalized spacial score (nSPS) is 15.6. The molecule has 0 saturated carbocycles. The molecule has 1 aromatic heterocycles. The predicted octanol–water partition coefficient (Wildman–Crippen LogP) is 6.71. The average molecular weight is 494 g/mol. The topological polar surface area (TPSA) is 47.4 Å². The van der Waals surface area contributed by atoms with Gasteiger partial charge in [0.15, 0.2) is 0 Å². The highest BCUT2D eigenvalue weighted by Crippen LogP contribution is 2.33. The molecular weight excluding hydrogens is 465 g/mol. The number of amides is 1. The van der Waals surface area contributed by atoms with Crippen LogP contribution in [-0.2, 0) is 11.3 Å². The molecule has 1 unspecified atom stereocenters. The number of nitrogens with zero attached hydrogens (tertiary/aromatic N) is 3. The molecule has 0 N–H and O–H groups in total. The number of ether oxygens (including phenoxy) is 1. The number of hydrogen-bond acceptors (Lipinski definition) is 3. The van der Waals surface area contributed by atoms with Crippen LogP contribution in [0, 0.1) is 5.82 Å². The van der Waals surface area contributed by atoms with Crippen LogP contribution >= 0.6 is 0 Å². The summed E-state index contributed by atoms with van der Waals surface area (Å²) in [7, 11) is 0. The number of aromatic nitrogens is 2. The summed E-state index contributed by atoms with van der Waals surface area (Å²) in [6.07, 6.45) is 2.24. The number of imidazole rings is 1. The fraction of sp³-hybridized carbons (Fsp3) is 0.226. The van der Waals surface area contributed by atoms with E-state index in [1.807, 2.05) is 36.4 Å². The highest BCUT2D eigenvalue weighted by molar-refractivity contribution is 5.96. The van der Waals surface area contributed by atoms with Gasteiger partial charge < -0.3 is 14.2 Å². The number of benzene rings is 4. The molecule has 4 aromatic carbocycles. The third-order valence-corrected chi connectivity index (χ3v) is 7.08. The quantitative estimate of drug-likeness (QED) is 0.226. The summed E-state index contributed by atoms with van der Waals surface area (Å²) in [4.78, 5) is 19.5. The van der Waals surface area contributed by atoms with E-state index in [9.17, 15) is 9.18 Å². The van der Waals surface area contributed by atoms with Gasteiger partial charge >= 0.3 is 0 Å². The molecule has 1 atom stereocenters. The summed E-state index contributed by atoms with van der Waals surface area (Å²) in [5.41, 5.74) is 2.75. The molecule has 1 aliphatic heterocycles. The van der Waals surface area contributed by atoms with Gasteiger partial charge in [-0.1, -0.05) is 42.5 Å². The minimum Gasteiger partial charge on any atom is -0.494 e. The molecule has 5 aromatic rings. The van der Waals surface area contributed by atoms with E-state index in [0.29, 0.717) is 19.6 Å². The maximum absolute atomic E-state index is 13.4. The van der Waals surface area contributed by atoms with Crippen LogP contribution in [0.5, 0.6) is 5.75 Å².